The van der Waals surface area contributed by atoms with E-state index in [2.05, 4.69) is 9.99 Å². The Hall–Kier alpha value is -1.84. The average molecular weight is 178 g/mol. The molecule has 68 valence electrons. The van der Waals surface area contributed by atoms with Crippen molar-refractivity contribution >= 4 is 12.2 Å². The van der Waals surface area contributed by atoms with Gasteiger partial charge in [0.25, 0.3) is 0 Å². The smallest absolute Gasteiger partial charge is 0.106 e. The Balaban J connectivity index is 2.81. The van der Waals surface area contributed by atoms with E-state index in [1.807, 2.05) is 0 Å². The van der Waals surface area contributed by atoms with E-state index in [-0.39, 0.29) is 5.56 Å². The first kappa shape index (κ1) is 9.25. The number of nitrogens with zero attached hydrogens (tertiary/aromatic N) is 1. The number of benzene rings is 1. The molecule has 4 nitrogen and oxygen atoms in total. The molecule has 0 N–H and O–H groups in total. The van der Waals surface area contributed by atoms with E-state index in [4.69, 9.17) is 0 Å². The summed E-state index contributed by atoms with van der Waals surface area (Å²) in [6, 6.07) is 6.14. The van der Waals surface area contributed by atoms with Crippen molar-refractivity contribution < 1.29 is 14.7 Å². The maximum Gasteiger partial charge on any atom is 0.106 e. The third-order valence-electron chi connectivity index (χ3n) is 1.45. The van der Waals surface area contributed by atoms with Crippen LogP contribution in [0.3, 0.4) is 0 Å². The molecule has 4 heteroatoms. The van der Waals surface area contributed by atoms with Crippen LogP contribution >= 0.6 is 0 Å². The summed E-state index contributed by atoms with van der Waals surface area (Å²) in [7, 11) is 1.44. The standard InChI is InChI=1S/C9H9NO3/c1-13-10-6-7-2-4-8(5-3-7)9(11)12/h2-6H,1H3,(H,11,12)/p-1/b10-6-. The van der Waals surface area contributed by atoms with Crippen LogP contribution < -0.4 is 5.11 Å². The molecular weight excluding hydrogens is 170 g/mol. The zero-order valence-corrected chi connectivity index (χ0v) is 7.06. The molecule has 0 aliphatic heterocycles. The molecule has 0 bridgehead atoms. The van der Waals surface area contributed by atoms with Gasteiger partial charge in [0, 0.05) is 0 Å². The number of carbonyl (C=O) groups is 1. The highest BCUT2D eigenvalue weighted by molar-refractivity contribution is 5.87. The first-order valence-electron chi connectivity index (χ1n) is 3.62. The van der Waals surface area contributed by atoms with Gasteiger partial charge in [0.1, 0.15) is 7.11 Å². The van der Waals surface area contributed by atoms with Crippen molar-refractivity contribution in [3.05, 3.63) is 35.4 Å². The molecule has 0 saturated heterocycles. The lowest BCUT2D eigenvalue weighted by Gasteiger charge is -2.00. The molecule has 0 aromatic heterocycles. The van der Waals surface area contributed by atoms with Crippen molar-refractivity contribution in [2.45, 2.75) is 0 Å². The first-order valence-corrected chi connectivity index (χ1v) is 3.62. The van der Waals surface area contributed by atoms with Gasteiger partial charge in [-0.25, -0.2) is 0 Å². The lowest BCUT2D eigenvalue weighted by molar-refractivity contribution is -0.255. The van der Waals surface area contributed by atoms with Crippen LogP contribution in [0, 0.1) is 0 Å². The van der Waals surface area contributed by atoms with Gasteiger partial charge in [-0.1, -0.05) is 29.4 Å². The van der Waals surface area contributed by atoms with Gasteiger partial charge in [-0.2, -0.15) is 0 Å². The normalized spacial score (nSPS) is 10.2. The fourth-order valence-electron chi connectivity index (χ4n) is 0.819. The largest absolute Gasteiger partial charge is 0.545 e. The predicted molar refractivity (Wildman–Crippen MR) is 45.4 cm³/mol. The quantitative estimate of drug-likeness (QED) is 0.484. The van der Waals surface area contributed by atoms with Crippen LogP contribution in [0.2, 0.25) is 0 Å². The highest BCUT2D eigenvalue weighted by Gasteiger charge is 1.92. The van der Waals surface area contributed by atoms with E-state index < -0.39 is 5.97 Å². The first-order chi connectivity index (χ1) is 6.24. The Bertz CT molecular complexity index is 316. The number of oxime groups is 1. The van der Waals surface area contributed by atoms with Crippen LogP contribution in [0.1, 0.15) is 15.9 Å². The second kappa shape index (κ2) is 4.25. The molecule has 0 saturated carbocycles. The Morgan fingerprint density at radius 3 is 2.54 bits per heavy atom. The number of hydrogen-bond donors (Lipinski definition) is 0. The van der Waals surface area contributed by atoms with Crippen molar-refractivity contribution in [1.29, 1.82) is 0 Å². The molecule has 1 rings (SSSR count). The van der Waals surface area contributed by atoms with E-state index in [1.165, 1.54) is 25.5 Å². The average Bonchev–Trinajstić information content (AvgIpc) is 2.15. The van der Waals surface area contributed by atoms with Crippen LogP contribution in [0.4, 0.5) is 0 Å². The SMILES string of the molecule is CO/N=C\c1ccc(C(=O)[O-])cc1. The molecule has 0 heterocycles. The van der Waals surface area contributed by atoms with E-state index in [0.717, 1.165) is 5.56 Å². The van der Waals surface area contributed by atoms with E-state index >= 15 is 0 Å². The van der Waals surface area contributed by atoms with Crippen molar-refractivity contribution in [2.24, 2.45) is 5.16 Å². The van der Waals surface area contributed by atoms with E-state index in [9.17, 15) is 9.90 Å². The van der Waals surface area contributed by atoms with Crippen molar-refractivity contribution in [3.63, 3.8) is 0 Å². The van der Waals surface area contributed by atoms with Gasteiger partial charge >= 0.3 is 0 Å². The van der Waals surface area contributed by atoms with Gasteiger partial charge in [0.05, 0.1) is 12.2 Å². The predicted octanol–water partition coefficient (Wildman–Crippen LogP) is 0.0304. The highest BCUT2D eigenvalue weighted by atomic mass is 16.6. The van der Waals surface area contributed by atoms with Crippen molar-refractivity contribution in [1.82, 2.24) is 0 Å². The summed E-state index contributed by atoms with van der Waals surface area (Å²) in [5.41, 5.74) is 0.918. The van der Waals surface area contributed by atoms with Gasteiger partial charge in [-0.15, -0.1) is 0 Å². The van der Waals surface area contributed by atoms with E-state index in [1.54, 1.807) is 12.1 Å². The summed E-state index contributed by atoms with van der Waals surface area (Å²) in [4.78, 5) is 14.8. The zero-order chi connectivity index (χ0) is 9.68. The van der Waals surface area contributed by atoms with Gasteiger partial charge in [0.2, 0.25) is 0 Å². The molecular formula is C9H8NO3-. The minimum absolute atomic E-state index is 0.148. The molecule has 0 spiro atoms. The molecule has 13 heavy (non-hydrogen) atoms. The Morgan fingerprint density at radius 2 is 2.08 bits per heavy atom. The van der Waals surface area contributed by atoms with Gasteiger partial charge in [-0.05, 0) is 11.1 Å². The van der Waals surface area contributed by atoms with Gasteiger partial charge in [-0.3, -0.25) is 0 Å². The Morgan fingerprint density at radius 1 is 1.46 bits per heavy atom. The third kappa shape index (κ3) is 2.59. The lowest BCUT2D eigenvalue weighted by Crippen LogP contribution is -2.21. The monoisotopic (exact) mass is 178 g/mol. The summed E-state index contributed by atoms with van der Waals surface area (Å²) in [5, 5.41) is 13.9. The molecule has 0 fully saturated rings. The lowest BCUT2D eigenvalue weighted by atomic mass is 10.1. The van der Waals surface area contributed by atoms with Crippen LogP contribution in [-0.4, -0.2) is 19.3 Å². The second-order valence-corrected chi connectivity index (χ2v) is 2.33. The van der Waals surface area contributed by atoms with Crippen LogP contribution in [0.25, 0.3) is 0 Å². The number of carboxylic acid groups (broad SMARTS) is 1. The number of rotatable bonds is 3. The molecule has 0 unspecified atom stereocenters. The van der Waals surface area contributed by atoms with E-state index in [0.29, 0.717) is 0 Å². The number of carbonyl (C=O) groups excluding carboxylic acids is 1. The summed E-state index contributed by atoms with van der Waals surface area (Å²) < 4.78 is 0. The molecule has 1 aromatic carbocycles. The Kier molecular flexibility index (Phi) is 3.03. The number of hydrogen-bond acceptors (Lipinski definition) is 4. The summed E-state index contributed by atoms with van der Waals surface area (Å²) >= 11 is 0. The molecule has 0 radical (unpaired) electrons. The second-order valence-electron chi connectivity index (χ2n) is 2.33. The highest BCUT2D eigenvalue weighted by Crippen LogP contribution is 2.01. The zero-order valence-electron chi connectivity index (χ0n) is 7.06. The van der Waals surface area contributed by atoms with Gasteiger partial charge < -0.3 is 14.7 Å². The minimum atomic E-state index is -1.18. The van der Waals surface area contributed by atoms with Crippen molar-refractivity contribution in [2.75, 3.05) is 7.11 Å². The summed E-state index contributed by atoms with van der Waals surface area (Å²) in [5.74, 6) is -1.18. The molecule has 1 aromatic rings. The fourth-order valence-corrected chi connectivity index (χ4v) is 0.819. The Labute approximate surface area is 75.4 Å². The maximum atomic E-state index is 10.4. The molecule has 0 aliphatic carbocycles. The maximum absolute atomic E-state index is 10.4. The molecule has 0 amide bonds. The molecule has 0 aliphatic rings. The van der Waals surface area contributed by atoms with Crippen LogP contribution in [-0.2, 0) is 4.84 Å². The summed E-state index contributed by atoms with van der Waals surface area (Å²) in [6.45, 7) is 0. The molecule has 0 atom stereocenters. The van der Waals surface area contributed by atoms with Crippen LogP contribution in [0.15, 0.2) is 29.4 Å². The topological polar surface area (TPSA) is 61.7 Å². The number of aromatic carboxylic acids is 1. The third-order valence-corrected chi connectivity index (χ3v) is 1.45. The fraction of sp³-hybridized carbons (Fsp3) is 0.111. The minimum Gasteiger partial charge on any atom is -0.545 e. The number of carboxylic acids is 1. The summed E-state index contributed by atoms with van der Waals surface area (Å²) in [6.07, 6.45) is 1.49. The van der Waals surface area contributed by atoms with Crippen LogP contribution in [0.5, 0.6) is 0 Å². The van der Waals surface area contributed by atoms with Crippen molar-refractivity contribution in [3.8, 4) is 0 Å². The van der Waals surface area contributed by atoms with Gasteiger partial charge in [0.15, 0.2) is 0 Å².